The first-order valence-electron chi connectivity index (χ1n) is 8.38. The van der Waals surface area contributed by atoms with Crippen molar-refractivity contribution in [1.82, 2.24) is 4.90 Å². The first-order chi connectivity index (χ1) is 11.6. The Morgan fingerprint density at radius 2 is 1.04 bits per heavy atom. The van der Waals surface area contributed by atoms with Gasteiger partial charge in [-0.1, -0.05) is 74.7 Å². The molecule has 0 heterocycles. The number of benzene rings is 2. The minimum atomic E-state index is -0.264. The fourth-order valence-electron chi connectivity index (χ4n) is 2.16. The molecule has 0 aliphatic rings. The average Bonchev–Trinajstić information content (AvgIpc) is 2.65. The summed E-state index contributed by atoms with van der Waals surface area (Å²) in [6.07, 6.45) is 1.13. The number of carbonyl (C=O) groups excluding carboxylic acids is 2. The predicted octanol–water partition coefficient (Wildman–Crippen LogP) is 4.30. The first kappa shape index (κ1) is 24.2. The number of Topliss-reactive ketones (excluding diaryl/α,β-unsaturated/α-hetero) is 2. The summed E-state index contributed by atoms with van der Waals surface area (Å²) in [5.74, 6) is -0.529. The van der Waals surface area contributed by atoms with Crippen molar-refractivity contribution < 1.29 is 59.0 Å². The van der Waals surface area contributed by atoms with Gasteiger partial charge in [0.05, 0.1) is 11.6 Å². The van der Waals surface area contributed by atoms with E-state index >= 15 is 0 Å². The van der Waals surface area contributed by atoms with Crippen LogP contribution < -0.4 is 0 Å². The molecule has 0 N–H and O–H groups in total. The van der Waals surface area contributed by atoms with Crippen molar-refractivity contribution in [2.45, 2.75) is 20.8 Å². The molecule has 4 heteroatoms. The van der Waals surface area contributed by atoms with E-state index in [0.29, 0.717) is 11.1 Å². The van der Waals surface area contributed by atoms with Gasteiger partial charge in [0.1, 0.15) is 0 Å². The second kappa shape index (κ2) is 14.4. The van der Waals surface area contributed by atoms with Crippen LogP contribution in [0.1, 0.15) is 41.5 Å². The Morgan fingerprint density at radius 3 is 1.28 bits per heavy atom. The Bertz CT molecular complexity index is 555. The van der Waals surface area contributed by atoms with Crippen LogP contribution >= 0.6 is 0 Å². The Kier molecular flexibility index (Phi) is 13.9. The van der Waals surface area contributed by atoms with E-state index in [2.05, 4.69) is 25.7 Å². The van der Waals surface area contributed by atoms with Gasteiger partial charge in [-0.3, -0.25) is 0 Å². The summed E-state index contributed by atoms with van der Waals surface area (Å²) in [7, 11) is 0. The smallest absolute Gasteiger partial charge is 0.0832 e. The van der Waals surface area contributed by atoms with Gasteiger partial charge in [0.25, 0.3) is 0 Å². The minimum Gasteiger partial charge on any atom is -0.318 e. The molecule has 0 aliphatic heterocycles. The summed E-state index contributed by atoms with van der Waals surface area (Å²) in [5, 5.41) is 0. The SMILES string of the molecule is CCN(CC)CC.O=C([CH-]C(=O)c1ccccc1)c1ccccc1.[Eu]. The molecule has 0 saturated heterocycles. The van der Waals surface area contributed by atoms with E-state index in [1.807, 2.05) is 12.1 Å². The largest absolute Gasteiger partial charge is 0.318 e. The van der Waals surface area contributed by atoms with Gasteiger partial charge in [-0.15, -0.1) is 24.3 Å². The Balaban J connectivity index is 0.000000620. The normalized spacial score (nSPS) is 9.44. The quantitative estimate of drug-likeness (QED) is 0.340. The molecule has 0 atom stereocenters. The van der Waals surface area contributed by atoms with Crippen molar-refractivity contribution in [2.24, 2.45) is 0 Å². The van der Waals surface area contributed by atoms with E-state index < -0.39 is 0 Å². The molecule has 135 valence electrons. The Labute approximate surface area is 192 Å². The molecule has 0 spiro atoms. The summed E-state index contributed by atoms with van der Waals surface area (Å²) in [6.45, 7) is 10.1. The molecule has 0 aromatic heterocycles. The predicted molar refractivity (Wildman–Crippen MR) is 99.3 cm³/mol. The van der Waals surface area contributed by atoms with Gasteiger partial charge in [-0.05, 0) is 19.6 Å². The molecule has 0 amide bonds. The number of ketones is 2. The zero-order valence-electron chi connectivity index (χ0n) is 15.1. The maximum Gasteiger partial charge on any atom is 0.0832 e. The monoisotopic (exact) mass is 477 g/mol. The summed E-state index contributed by atoms with van der Waals surface area (Å²) < 4.78 is 0. The van der Waals surface area contributed by atoms with Gasteiger partial charge < -0.3 is 14.5 Å². The van der Waals surface area contributed by atoms with Crippen LogP contribution in [0.25, 0.3) is 0 Å². The Morgan fingerprint density at radius 1 is 0.720 bits per heavy atom. The Hall–Kier alpha value is -0.806. The molecule has 25 heavy (non-hydrogen) atoms. The van der Waals surface area contributed by atoms with E-state index in [4.69, 9.17) is 0 Å². The second-order valence-corrected chi connectivity index (χ2v) is 5.22. The van der Waals surface area contributed by atoms with Crippen molar-refractivity contribution in [3.05, 3.63) is 78.2 Å². The topological polar surface area (TPSA) is 37.4 Å². The summed E-state index contributed by atoms with van der Waals surface area (Å²) >= 11 is 0. The third kappa shape index (κ3) is 9.46. The standard InChI is InChI=1S/C15H11O2.C6H15N.Eu/c16-14(12-7-3-1-4-8-12)11-15(17)13-9-5-2-6-10-13;1-4-7(5-2)6-3;/h1-11H;4-6H2,1-3H3;/q-1;;. The molecule has 0 bridgehead atoms. The molecule has 0 aliphatic carbocycles. The van der Waals surface area contributed by atoms with Crippen LogP contribution in [0.5, 0.6) is 0 Å². The van der Waals surface area contributed by atoms with Gasteiger partial charge in [0, 0.05) is 49.4 Å². The summed E-state index contributed by atoms with van der Waals surface area (Å²) in [6, 6.07) is 17.5. The van der Waals surface area contributed by atoms with Crippen molar-refractivity contribution >= 4 is 11.6 Å². The number of nitrogens with zero attached hydrogens (tertiary/aromatic N) is 1. The van der Waals surface area contributed by atoms with Crippen LogP contribution in [0.4, 0.5) is 0 Å². The van der Waals surface area contributed by atoms with Crippen molar-refractivity contribution in [2.75, 3.05) is 19.6 Å². The summed E-state index contributed by atoms with van der Waals surface area (Å²) in [5.41, 5.74) is 1.05. The van der Waals surface area contributed by atoms with Crippen molar-refractivity contribution in [3.63, 3.8) is 0 Å². The van der Waals surface area contributed by atoms with Gasteiger partial charge >= 0.3 is 0 Å². The molecule has 2 rings (SSSR count). The van der Waals surface area contributed by atoms with Crippen LogP contribution in [0.15, 0.2) is 60.7 Å². The summed E-state index contributed by atoms with van der Waals surface area (Å²) in [4.78, 5) is 25.9. The van der Waals surface area contributed by atoms with Crippen molar-refractivity contribution in [3.8, 4) is 0 Å². The second-order valence-electron chi connectivity index (χ2n) is 5.22. The molecular weight excluding hydrogens is 450 g/mol. The third-order valence-corrected chi connectivity index (χ3v) is 3.72. The molecule has 0 fully saturated rings. The van der Waals surface area contributed by atoms with Crippen LogP contribution in [0.2, 0.25) is 0 Å². The molecule has 0 saturated carbocycles. The van der Waals surface area contributed by atoms with E-state index in [0.717, 1.165) is 6.42 Å². The molecule has 2 aromatic rings. The number of hydrogen-bond acceptors (Lipinski definition) is 3. The molecule has 3 nitrogen and oxygen atoms in total. The average molecular weight is 476 g/mol. The molecule has 0 unspecified atom stereocenters. The maximum atomic E-state index is 11.8. The minimum absolute atomic E-state index is 0. The molecular formula is C21H26EuNO2-. The zero-order chi connectivity index (χ0) is 17.8. The fraction of sp³-hybridized carbons (Fsp3) is 0.286. The number of hydrogen-bond donors (Lipinski definition) is 0. The van der Waals surface area contributed by atoms with Crippen LogP contribution in [0, 0.1) is 55.8 Å². The van der Waals surface area contributed by atoms with Gasteiger partial charge in [0.2, 0.25) is 0 Å². The molecule has 1 radical (unpaired) electrons. The van der Waals surface area contributed by atoms with Crippen LogP contribution in [-0.4, -0.2) is 36.1 Å². The van der Waals surface area contributed by atoms with E-state index in [1.165, 1.54) is 19.6 Å². The van der Waals surface area contributed by atoms with E-state index in [1.54, 1.807) is 48.5 Å². The van der Waals surface area contributed by atoms with Gasteiger partial charge in [-0.2, -0.15) is 0 Å². The number of rotatable bonds is 7. The van der Waals surface area contributed by atoms with Gasteiger partial charge in [-0.25, -0.2) is 0 Å². The van der Waals surface area contributed by atoms with Crippen molar-refractivity contribution in [1.29, 1.82) is 0 Å². The number of carbonyl (C=O) groups is 2. The zero-order valence-corrected chi connectivity index (χ0v) is 17.5. The van der Waals surface area contributed by atoms with E-state index in [-0.39, 0.29) is 60.9 Å². The van der Waals surface area contributed by atoms with Crippen LogP contribution in [0.3, 0.4) is 0 Å². The molecule has 2 aromatic carbocycles. The fourth-order valence-corrected chi connectivity index (χ4v) is 2.16. The van der Waals surface area contributed by atoms with Crippen LogP contribution in [-0.2, 0) is 0 Å². The van der Waals surface area contributed by atoms with E-state index in [9.17, 15) is 9.59 Å². The maximum absolute atomic E-state index is 11.8. The third-order valence-electron chi connectivity index (χ3n) is 3.72. The first-order valence-corrected chi connectivity index (χ1v) is 8.38. The van der Waals surface area contributed by atoms with Gasteiger partial charge in [0.15, 0.2) is 0 Å².